The van der Waals surface area contributed by atoms with Crippen molar-refractivity contribution in [1.82, 2.24) is 9.80 Å². The molecule has 0 aromatic heterocycles. The van der Waals surface area contributed by atoms with Crippen LogP contribution in [0, 0.1) is 11.8 Å². The predicted molar refractivity (Wildman–Crippen MR) is 148 cm³/mol. The molecule has 2 aromatic rings. The largest absolute Gasteiger partial charge is 0.497 e. The average molecular weight is 565 g/mol. The van der Waals surface area contributed by atoms with Gasteiger partial charge >= 0.3 is 12.1 Å². The number of fused-ring (bicyclic) bond motifs is 1. The summed E-state index contributed by atoms with van der Waals surface area (Å²) in [6.07, 6.45) is 2.93. The molecule has 1 spiro atoms. The molecule has 0 aliphatic carbocycles. The summed E-state index contributed by atoms with van der Waals surface area (Å²) in [4.78, 5) is 43.1. The average Bonchev–Trinajstić information content (AvgIpc) is 3.51. The Kier molecular flexibility index (Phi) is 7.23. The molecule has 1 N–H and O–H groups in total. The number of benzene rings is 2. The number of methoxy groups -OCH3 is 2. The predicted octanol–water partition coefficient (Wildman–Crippen LogP) is 3.88. The van der Waals surface area contributed by atoms with Crippen molar-refractivity contribution in [2.75, 3.05) is 27.3 Å². The van der Waals surface area contributed by atoms with Crippen molar-refractivity contribution in [3.63, 3.8) is 0 Å². The van der Waals surface area contributed by atoms with Gasteiger partial charge in [-0.05, 0) is 38.5 Å². The zero-order valence-corrected chi connectivity index (χ0v) is 24.0. The third-order valence-corrected chi connectivity index (χ3v) is 7.86. The van der Waals surface area contributed by atoms with Crippen molar-refractivity contribution in [3.05, 3.63) is 71.8 Å². The van der Waals surface area contributed by atoms with Crippen molar-refractivity contribution in [3.8, 4) is 11.5 Å². The Hall–Kier alpha value is -4.05. The summed E-state index contributed by atoms with van der Waals surface area (Å²) in [5, 5.41) is 10.5. The second-order valence-electron chi connectivity index (χ2n) is 11.8. The van der Waals surface area contributed by atoms with Gasteiger partial charge in [0.1, 0.15) is 34.2 Å². The molecule has 41 heavy (non-hydrogen) atoms. The van der Waals surface area contributed by atoms with Crippen molar-refractivity contribution in [1.29, 1.82) is 0 Å². The number of hydrogen-bond donors (Lipinski definition) is 1. The molecule has 2 bridgehead atoms. The molecule has 4 atom stereocenters. The minimum absolute atomic E-state index is 0.0812. The number of rotatable bonds is 9. The summed E-state index contributed by atoms with van der Waals surface area (Å²) >= 11 is 0. The Labute approximate surface area is 239 Å². The van der Waals surface area contributed by atoms with Gasteiger partial charge < -0.3 is 33.9 Å². The third-order valence-electron chi connectivity index (χ3n) is 7.86. The molecule has 2 saturated heterocycles. The first-order valence-electron chi connectivity index (χ1n) is 13.6. The van der Waals surface area contributed by atoms with Crippen molar-refractivity contribution >= 4 is 18.0 Å². The van der Waals surface area contributed by atoms with Crippen LogP contribution in [0.3, 0.4) is 0 Å². The van der Waals surface area contributed by atoms with E-state index in [1.807, 2.05) is 36.4 Å². The molecule has 0 unspecified atom stereocenters. The molecular weight excluding hydrogens is 528 g/mol. The van der Waals surface area contributed by atoms with E-state index in [1.54, 1.807) is 64.2 Å². The monoisotopic (exact) mass is 564 g/mol. The van der Waals surface area contributed by atoms with Crippen LogP contribution in [0.1, 0.15) is 31.9 Å². The second kappa shape index (κ2) is 10.4. The fraction of sp³-hybridized carbons (Fsp3) is 0.452. The highest BCUT2D eigenvalue weighted by atomic mass is 16.6. The molecule has 3 aliphatic rings. The fourth-order valence-electron chi connectivity index (χ4n) is 6.18. The number of aliphatic carboxylic acids is 1. The zero-order chi connectivity index (χ0) is 29.6. The molecule has 5 rings (SSSR count). The molecule has 2 fully saturated rings. The highest BCUT2D eigenvalue weighted by Gasteiger charge is 2.73. The standard InChI is InChI=1S/C31H36N2O8/c1-29(2,3)40-28(37)33(16-20-9-7-6-8-10-20)19-31-14-13-30(41-31)18-32(26(34)24(30)25(31)27(35)36)17-21-11-12-22(38-4)15-23(21)39-5/h6-15,24-25H,16-19H2,1-5H3,(H,35,36)/t24-,25+,30+,31+/m0/s1. The van der Waals surface area contributed by atoms with Crippen molar-refractivity contribution < 1.29 is 38.4 Å². The quantitative estimate of drug-likeness (QED) is 0.457. The Bertz CT molecular complexity index is 1370. The van der Waals surface area contributed by atoms with Gasteiger partial charge in [-0.3, -0.25) is 9.59 Å². The molecule has 10 nitrogen and oxygen atoms in total. The van der Waals surface area contributed by atoms with Crippen LogP contribution in [-0.2, 0) is 32.2 Å². The number of carbonyl (C=O) groups is 3. The Morgan fingerprint density at radius 1 is 1.10 bits per heavy atom. The highest BCUT2D eigenvalue weighted by molar-refractivity contribution is 5.91. The lowest BCUT2D eigenvalue weighted by Gasteiger charge is -2.36. The van der Waals surface area contributed by atoms with Crippen molar-refractivity contribution in [2.24, 2.45) is 11.8 Å². The maximum atomic E-state index is 13.8. The number of carbonyl (C=O) groups excluding carboxylic acids is 2. The smallest absolute Gasteiger partial charge is 0.410 e. The molecule has 2 amide bonds. The molecule has 2 aromatic carbocycles. The van der Waals surface area contributed by atoms with Crippen LogP contribution in [0.25, 0.3) is 0 Å². The van der Waals surface area contributed by atoms with E-state index in [0.717, 1.165) is 11.1 Å². The molecule has 0 radical (unpaired) electrons. The van der Waals surface area contributed by atoms with Crippen LogP contribution < -0.4 is 9.47 Å². The summed E-state index contributed by atoms with van der Waals surface area (Å²) in [5.74, 6) is -2.41. The lowest BCUT2D eigenvalue weighted by molar-refractivity contribution is -0.152. The van der Waals surface area contributed by atoms with Crippen LogP contribution in [0.2, 0.25) is 0 Å². The van der Waals surface area contributed by atoms with Crippen LogP contribution in [0.4, 0.5) is 4.79 Å². The molecule has 3 aliphatic heterocycles. The minimum atomic E-state index is -1.39. The first-order chi connectivity index (χ1) is 19.4. The normalized spacial score (nSPS) is 26.2. The summed E-state index contributed by atoms with van der Waals surface area (Å²) < 4.78 is 23.0. The van der Waals surface area contributed by atoms with Gasteiger partial charge in [-0.1, -0.05) is 42.5 Å². The summed E-state index contributed by atoms with van der Waals surface area (Å²) in [6.45, 7) is 5.83. The van der Waals surface area contributed by atoms with E-state index in [1.165, 1.54) is 4.90 Å². The molecule has 3 heterocycles. The second-order valence-corrected chi connectivity index (χ2v) is 11.8. The van der Waals surface area contributed by atoms with Gasteiger partial charge in [0.05, 0.1) is 33.2 Å². The number of hydrogen-bond acceptors (Lipinski definition) is 7. The first-order valence-corrected chi connectivity index (χ1v) is 13.6. The summed E-state index contributed by atoms with van der Waals surface area (Å²) in [7, 11) is 3.10. The lowest BCUT2D eigenvalue weighted by Crippen LogP contribution is -2.52. The maximum Gasteiger partial charge on any atom is 0.410 e. The Morgan fingerprint density at radius 3 is 2.46 bits per heavy atom. The minimum Gasteiger partial charge on any atom is -0.497 e. The van der Waals surface area contributed by atoms with Crippen LogP contribution in [0.5, 0.6) is 11.5 Å². The van der Waals surface area contributed by atoms with E-state index >= 15 is 0 Å². The van der Waals surface area contributed by atoms with Crippen LogP contribution in [0.15, 0.2) is 60.7 Å². The van der Waals surface area contributed by atoms with Gasteiger partial charge in [-0.15, -0.1) is 0 Å². The Morgan fingerprint density at radius 2 is 1.83 bits per heavy atom. The van der Waals surface area contributed by atoms with Gasteiger partial charge in [0.15, 0.2) is 0 Å². The number of ether oxygens (including phenoxy) is 4. The van der Waals surface area contributed by atoms with Gasteiger partial charge in [-0.25, -0.2) is 4.79 Å². The maximum absolute atomic E-state index is 13.8. The van der Waals surface area contributed by atoms with Gasteiger partial charge in [0.25, 0.3) is 0 Å². The SMILES string of the molecule is COc1ccc(CN2C[C@@]34C=C[C@](CN(Cc5ccccc5)C(=O)OC(C)(C)C)(O3)[C@@H](C(=O)O)[C@H]4C2=O)c(OC)c1. The van der Waals surface area contributed by atoms with Gasteiger partial charge in [0, 0.05) is 24.7 Å². The van der Waals surface area contributed by atoms with E-state index in [4.69, 9.17) is 18.9 Å². The first kappa shape index (κ1) is 28.5. The summed E-state index contributed by atoms with van der Waals surface area (Å²) in [6, 6.07) is 14.7. The molecule has 10 heteroatoms. The third kappa shape index (κ3) is 5.24. The number of carboxylic acid groups (broad SMARTS) is 1. The van der Waals surface area contributed by atoms with E-state index in [9.17, 15) is 19.5 Å². The number of likely N-dealkylation sites (tertiary alicyclic amines) is 1. The molecule has 0 saturated carbocycles. The zero-order valence-electron chi connectivity index (χ0n) is 24.0. The molecular formula is C31H36N2O8. The van der Waals surface area contributed by atoms with Crippen LogP contribution >= 0.6 is 0 Å². The van der Waals surface area contributed by atoms with Crippen LogP contribution in [-0.4, -0.2) is 77.0 Å². The van der Waals surface area contributed by atoms with Gasteiger partial charge in [0.2, 0.25) is 5.91 Å². The lowest BCUT2D eigenvalue weighted by atomic mass is 9.71. The number of nitrogens with zero attached hydrogens (tertiary/aromatic N) is 2. The van der Waals surface area contributed by atoms with E-state index in [2.05, 4.69) is 0 Å². The van der Waals surface area contributed by atoms with Crippen molar-refractivity contribution in [2.45, 2.75) is 50.7 Å². The fourth-order valence-corrected chi connectivity index (χ4v) is 6.18. The Balaban J connectivity index is 1.43. The highest BCUT2D eigenvalue weighted by Crippen LogP contribution is 2.58. The van der Waals surface area contributed by atoms with E-state index < -0.39 is 40.7 Å². The topological polar surface area (TPSA) is 115 Å². The summed E-state index contributed by atoms with van der Waals surface area (Å²) in [5.41, 5.74) is -1.65. The van der Waals surface area contributed by atoms with E-state index in [0.29, 0.717) is 11.5 Å². The molecule has 218 valence electrons. The van der Waals surface area contributed by atoms with Gasteiger partial charge in [-0.2, -0.15) is 0 Å². The number of carboxylic acids is 1. The number of amides is 2. The van der Waals surface area contributed by atoms with E-state index in [-0.39, 0.29) is 32.1 Å².